The molecule has 1 heterocycles. The lowest BCUT2D eigenvalue weighted by atomic mass is 10.0. The van der Waals surface area contributed by atoms with E-state index in [-0.39, 0.29) is 6.04 Å². The molecular formula is C11H23N3O2. The number of rotatable bonds is 6. The summed E-state index contributed by atoms with van der Waals surface area (Å²) < 4.78 is 5.31. The highest BCUT2D eigenvalue weighted by Crippen LogP contribution is 2.17. The Morgan fingerprint density at radius 1 is 1.56 bits per heavy atom. The van der Waals surface area contributed by atoms with Gasteiger partial charge in [0.05, 0.1) is 6.04 Å². The van der Waals surface area contributed by atoms with Gasteiger partial charge < -0.3 is 15.7 Å². The summed E-state index contributed by atoms with van der Waals surface area (Å²) in [7, 11) is 0. The van der Waals surface area contributed by atoms with Crippen LogP contribution >= 0.6 is 0 Å². The Morgan fingerprint density at radius 2 is 2.38 bits per heavy atom. The number of oxime groups is 1. The molecule has 0 amide bonds. The summed E-state index contributed by atoms with van der Waals surface area (Å²) >= 11 is 0. The second-order valence-corrected chi connectivity index (χ2v) is 4.12. The number of hydrogen-bond acceptors (Lipinski definition) is 4. The zero-order valence-electron chi connectivity index (χ0n) is 10.1. The average molecular weight is 229 g/mol. The van der Waals surface area contributed by atoms with Gasteiger partial charge in [-0.1, -0.05) is 11.6 Å². The minimum absolute atomic E-state index is 0.111. The number of piperidine rings is 1. The summed E-state index contributed by atoms with van der Waals surface area (Å²) in [5.41, 5.74) is 5.70. The van der Waals surface area contributed by atoms with Crippen LogP contribution in [0.25, 0.3) is 0 Å². The minimum Gasteiger partial charge on any atom is -0.409 e. The largest absolute Gasteiger partial charge is 0.409 e. The first-order chi connectivity index (χ1) is 7.79. The molecule has 0 spiro atoms. The molecule has 1 atom stereocenters. The summed E-state index contributed by atoms with van der Waals surface area (Å²) in [5, 5.41) is 11.9. The van der Waals surface area contributed by atoms with Crippen LogP contribution in [-0.2, 0) is 4.74 Å². The SMILES string of the molecule is CCOCCCN1CCCCC1C(N)=NO. The number of nitrogens with zero attached hydrogens (tertiary/aromatic N) is 2. The topological polar surface area (TPSA) is 71.1 Å². The van der Waals surface area contributed by atoms with Gasteiger partial charge in [-0.2, -0.15) is 0 Å². The van der Waals surface area contributed by atoms with E-state index in [0.717, 1.165) is 45.6 Å². The first-order valence-corrected chi connectivity index (χ1v) is 6.08. The Hall–Kier alpha value is -0.810. The van der Waals surface area contributed by atoms with E-state index in [2.05, 4.69) is 10.1 Å². The Bertz CT molecular complexity index is 221. The highest BCUT2D eigenvalue weighted by molar-refractivity contribution is 5.85. The van der Waals surface area contributed by atoms with Crippen molar-refractivity contribution in [1.82, 2.24) is 4.90 Å². The van der Waals surface area contributed by atoms with E-state index in [4.69, 9.17) is 15.7 Å². The highest BCUT2D eigenvalue weighted by Gasteiger charge is 2.25. The van der Waals surface area contributed by atoms with Crippen LogP contribution in [0, 0.1) is 0 Å². The van der Waals surface area contributed by atoms with Crippen molar-refractivity contribution >= 4 is 5.84 Å². The van der Waals surface area contributed by atoms with E-state index >= 15 is 0 Å². The van der Waals surface area contributed by atoms with Crippen LogP contribution in [0.2, 0.25) is 0 Å². The summed E-state index contributed by atoms with van der Waals surface area (Å²) in [6, 6.07) is 0.111. The normalized spacial score (nSPS) is 23.6. The van der Waals surface area contributed by atoms with E-state index in [0.29, 0.717) is 5.84 Å². The summed E-state index contributed by atoms with van der Waals surface area (Å²) in [5.74, 6) is 0.344. The monoisotopic (exact) mass is 229 g/mol. The highest BCUT2D eigenvalue weighted by atomic mass is 16.5. The Kier molecular flexibility index (Phi) is 6.18. The van der Waals surface area contributed by atoms with Crippen molar-refractivity contribution in [3.05, 3.63) is 0 Å². The third-order valence-electron chi connectivity index (χ3n) is 3.01. The standard InChI is InChI=1S/C11H23N3O2/c1-2-16-9-5-8-14-7-4-3-6-10(14)11(12)13-15/h10,15H,2-9H2,1H3,(H2,12,13). The van der Waals surface area contributed by atoms with Gasteiger partial charge in [0, 0.05) is 19.8 Å². The van der Waals surface area contributed by atoms with Gasteiger partial charge in [0.25, 0.3) is 0 Å². The fourth-order valence-electron chi connectivity index (χ4n) is 2.17. The third kappa shape index (κ3) is 3.98. The van der Waals surface area contributed by atoms with Crippen molar-refractivity contribution in [3.63, 3.8) is 0 Å². The Labute approximate surface area is 97.2 Å². The van der Waals surface area contributed by atoms with Gasteiger partial charge in [-0.05, 0) is 32.7 Å². The fraction of sp³-hybridized carbons (Fsp3) is 0.909. The van der Waals surface area contributed by atoms with Gasteiger partial charge in [0.1, 0.15) is 0 Å². The van der Waals surface area contributed by atoms with Crippen LogP contribution < -0.4 is 5.73 Å². The fourth-order valence-corrected chi connectivity index (χ4v) is 2.17. The van der Waals surface area contributed by atoms with Gasteiger partial charge in [0.15, 0.2) is 5.84 Å². The van der Waals surface area contributed by atoms with Gasteiger partial charge in [-0.25, -0.2) is 0 Å². The molecule has 5 nitrogen and oxygen atoms in total. The van der Waals surface area contributed by atoms with Crippen LogP contribution in [0.5, 0.6) is 0 Å². The van der Waals surface area contributed by atoms with Crippen molar-refractivity contribution in [2.24, 2.45) is 10.9 Å². The molecule has 0 aromatic carbocycles. The second kappa shape index (κ2) is 7.46. The maximum Gasteiger partial charge on any atom is 0.156 e. The molecule has 1 rings (SSSR count). The molecule has 1 saturated heterocycles. The summed E-state index contributed by atoms with van der Waals surface area (Å²) in [4.78, 5) is 2.29. The Balaban J connectivity index is 2.35. The second-order valence-electron chi connectivity index (χ2n) is 4.12. The van der Waals surface area contributed by atoms with Gasteiger partial charge in [-0.3, -0.25) is 4.90 Å². The quantitative estimate of drug-likeness (QED) is 0.234. The van der Waals surface area contributed by atoms with Crippen LogP contribution in [0.15, 0.2) is 5.16 Å². The molecule has 1 aliphatic rings. The van der Waals surface area contributed by atoms with Crippen molar-refractivity contribution in [3.8, 4) is 0 Å². The van der Waals surface area contributed by atoms with Gasteiger partial charge >= 0.3 is 0 Å². The molecule has 0 radical (unpaired) electrons. The van der Waals surface area contributed by atoms with Gasteiger partial charge in [0.2, 0.25) is 0 Å². The lowest BCUT2D eigenvalue weighted by Gasteiger charge is -2.34. The molecule has 0 bridgehead atoms. The zero-order valence-corrected chi connectivity index (χ0v) is 10.1. The Morgan fingerprint density at radius 3 is 3.06 bits per heavy atom. The molecule has 94 valence electrons. The minimum atomic E-state index is 0.111. The molecule has 16 heavy (non-hydrogen) atoms. The average Bonchev–Trinajstić information content (AvgIpc) is 2.34. The lowest BCUT2D eigenvalue weighted by molar-refractivity contribution is 0.119. The molecule has 3 N–H and O–H groups in total. The smallest absolute Gasteiger partial charge is 0.156 e. The molecule has 0 aliphatic carbocycles. The van der Waals surface area contributed by atoms with E-state index in [1.807, 2.05) is 6.92 Å². The third-order valence-corrected chi connectivity index (χ3v) is 3.01. The van der Waals surface area contributed by atoms with Crippen LogP contribution in [-0.4, -0.2) is 48.3 Å². The summed E-state index contributed by atoms with van der Waals surface area (Å²) in [6.45, 7) is 5.55. The lowest BCUT2D eigenvalue weighted by Crippen LogP contribution is -2.48. The van der Waals surface area contributed by atoms with E-state index in [1.54, 1.807) is 0 Å². The summed E-state index contributed by atoms with van der Waals surface area (Å²) in [6.07, 6.45) is 4.35. The zero-order chi connectivity index (χ0) is 11.8. The first kappa shape index (κ1) is 13.3. The molecule has 1 fully saturated rings. The van der Waals surface area contributed by atoms with Crippen LogP contribution in [0.4, 0.5) is 0 Å². The molecule has 1 unspecified atom stereocenters. The number of amidine groups is 1. The van der Waals surface area contributed by atoms with Crippen LogP contribution in [0.1, 0.15) is 32.6 Å². The van der Waals surface area contributed by atoms with Crippen molar-refractivity contribution in [2.45, 2.75) is 38.6 Å². The molecule has 0 aromatic rings. The number of ether oxygens (including phenoxy) is 1. The number of likely N-dealkylation sites (tertiary alicyclic amines) is 1. The number of nitrogens with two attached hydrogens (primary N) is 1. The van der Waals surface area contributed by atoms with Crippen molar-refractivity contribution in [2.75, 3.05) is 26.3 Å². The van der Waals surface area contributed by atoms with E-state index in [1.165, 1.54) is 6.42 Å². The molecule has 0 saturated carbocycles. The van der Waals surface area contributed by atoms with E-state index < -0.39 is 0 Å². The number of hydrogen-bond donors (Lipinski definition) is 2. The first-order valence-electron chi connectivity index (χ1n) is 6.08. The maximum atomic E-state index is 8.73. The van der Waals surface area contributed by atoms with Crippen molar-refractivity contribution < 1.29 is 9.94 Å². The van der Waals surface area contributed by atoms with Crippen LogP contribution in [0.3, 0.4) is 0 Å². The predicted molar refractivity (Wildman–Crippen MR) is 63.7 cm³/mol. The van der Waals surface area contributed by atoms with E-state index in [9.17, 15) is 0 Å². The molecule has 1 aliphatic heterocycles. The van der Waals surface area contributed by atoms with Gasteiger partial charge in [-0.15, -0.1) is 0 Å². The molecular weight excluding hydrogens is 206 g/mol. The predicted octanol–water partition coefficient (Wildman–Crippen LogP) is 1.01. The molecule has 5 heteroatoms. The van der Waals surface area contributed by atoms with Crippen molar-refractivity contribution in [1.29, 1.82) is 0 Å². The maximum absolute atomic E-state index is 8.73. The molecule has 0 aromatic heterocycles.